The normalized spacial score (nSPS) is 26.3. The zero-order chi connectivity index (χ0) is 20.7. The quantitative estimate of drug-likeness (QED) is 0.639. The fraction of sp³-hybridized carbons (Fsp3) is 0.304. The van der Waals surface area contributed by atoms with E-state index in [1.807, 2.05) is 41.3 Å². The van der Waals surface area contributed by atoms with Crippen molar-refractivity contribution in [3.05, 3.63) is 59.3 Å². The Hall–Kier alpha value is -3.13. The molecule has 2 unspecified atom stereocenters. The number of carbonyl (C=O) groups is 2. The molecular weight excluding hydrogens is 414 g/mol. The number of aromatic amines is 1. The smallest absolute Gasteiger partial charge is 0.247 e. The number of carbonyl (C=O) groups excluding carboxylic acids is 2. The molecule has 156 valence electrons. The second kappa shape index (κ2) is 6.20. The minimum absolute atomic E-state index is 0.0292. The van der Waals surface area contributed by atoms with Crippen molar-refractivity contribution in [3.63, 3.8) is 0 Å². The van der Waals surface area contributed by atoms with Crippen LogP contribution in [0.15, 0.2) is 42.5 Å². The molecule has 0 radical (unpaired) electrons. The molecule has 0 saturated carbocycles. The van der Waals surface area contributed by atoms with Gasteiger partial charge in [-0.1, -0.05) is 24.3 Å². The Balaban J connectivity index is 1.46. The van der Waals surface area contributed by atoms with Gasteiger partial charge in [0.05, 0.1) is 11.9 Å². The van der Waals surface area contributed by atoms with Crippen molar-refractivity contribution in [3.8, 4) is 11.5 Å². The van der Waals surface area contributed by atoms with Crippen LogP contribution in [0, 0.1) is 0 Å². The van der Waals surface area contributed by atoms with Crippen LogP contribution in [-0.4, -0.2) is 57.1 Å². The Kier molecular flexibility index (Phi) is 3.51. The van der Waals surface area contributed by atoms with Crippen molar-refractivity contribution < 1.29 is 19.1 Å². The van der Waals surface area contributed by atoms with E-state index < -0.39 is 6.04 Å². The maximum atomic E-state index is 13.7. The van der Waals surface area contributed by atoms with Crippen LogP contribution in [-0.2, 0) is 16.0 Å². The van der Waals surface area contributed by atoms with Crippen molar-refractivity contribution in [2.24, 2.45) is 0 Å². The van der Waals surface area contributed by atoms with E-state index in [4.69, 9.17) is 9.47 Å². The number of hydrogen-bond acceptors (Lipinski definition) is 5. The van der Waals surface area contributed by atoms with Gasteiger partial charge in [0, 0.05) is 28.8 Å². The molecule has 7 rings (SSSR count). The van der Waals surface area contributed by atoms with Gasteiger partial charge in [0.25, 0.3) is 0 Å². The zero-order valence-electron chi connectivity index (χ0n) is 16.5. The lowest BCUT2D eigenvalue weighted by atomic mass is 9.85. The summed E-state index contributed by atoms with van der Waals surface area (Å²) >= 11 is 1.65. The molecule has 5 heterocycles. The van der Waals surface area contributed by atoms with Crippen LogP contribution in [0.3, 0.4) is 0 Å². The summed E-state index contributed by atoms with van der Waals surface area (Å²) in [5, 5.41) is 1.11. The Bertz CT molecular complexity index is 1270. The van der Waals surface area contributed by atoms with Crippen LogP contribution in [0.5, 0.6) is 11.5 Å². The van der Waals surface area contributed by atoms with Gasteiger partial charge in [-0.05, 0) is 29.3 Å². The third-order valence-corrected chi connectivity index (χ3v) is 7.85. The minimum Gasteiger partial charge on any atom is -0.454 e. The van der Waals surface area contributed by atoms with E-state index in [-0.39, 0.29) is 30.7 Å². The standard InChI is InChI=1S/C23H19N3O4S/c27-22-16-8-14-13-3-1-2-4-15(13)24-20(14)21(12-5-6-18-19(7-12)30-11-29-18)26(16)23(28)17-9-31-10-25(17)22/h1-7,16-17,21,24H,8-11H2/t16?,17?,21-/m1/s1. The van der Waals surface area contributed by atoms with E-state index in [9.17, 15) is 9.59 Å². The highest BCUT2D eigenvalue weighted by Gasteiger charge is 2.53. The summed E-state index contributed by atoms with van der Waals surface area (Å²) in [5.74, 6) is 2.70. The first-order valence-corrected chi connectivity index (χ1v) is 11.6. The van der Waals surface area contributed by atoms with Crippen LogP contribution in [0.1, 0.15) is 22.9 Å². The molecule has 0 aliphatic carbocycles. The lowest BCUT2D eigenvalue weighted by Gasteiger charge is -2.48. The topological polar surface area (TPSA) is 74.9 Å². The molecule has 31 heavy (non-hydrogen) atoms. The van der Waals surface area contributed by atoms with E-state index in [0.29, 0.717) is 29.5 Å². The first-order valence-electron chi connectivity index (χ1n) is 10.4. The fourth-order valence-electron chi connectivity index (χ4n) is 5.41. The van der Waals surface area contributed by atoms with Crippen molar-refractivity contribution >= 4 is 34.5 Å². The van der Waals surface area contributed by atoms with Crippen molar-refractivity contribution in [2.45, 2.75) is 24.5 Å². The molecule has 2 aromatic carbocycles. The van der Waals surface area contributed by atoms with Crippen LogP contribution in [0.2, 0.25) is 0 Å². The number of rotatable bonds is 1. The van der Waals surface area contributed by atoms with Crippen LogP contribution >= 0.6 is 11.8 Å². The molecule has 2 amide bonds. The Morgan fingerprint density at radius 2 is 1.87 bits per heavy atom. The van der Waals surface area contributed by atoms with Gasteiger partial charge in [0.2, 0.25) is 18.6 Å². The number of amides is 2. The molecule has 2 saturated heterocycles. The summed E-state index contributed by atoms with van der Waals surface area (Å²) in [7, 11) is 0. The van der Waals surface area contributed by atoms with Gasteiger partial charge in [0.15, 0.2) is 11.5 Å². The molecule has 2 fully saturated rings. The number of H-pyrrole nitrogens is 1. The molecule has 7 nitrogen and oxygen atoms in total. The maximum Gasteiger partial charge on any atom is 0.247 e. The minimum atomic E-state index is -0.496. The number of fused-ring (bicyclic) bond motifs is 6. The predicted molar refractivity (Wildman–Crippen MR) is 115 cm³/mol. The largest absolute Gasteiger partial charge is 0.454 e. The van der Waals surface area contributed by atoms with Crippen LogP contribution in [0.4, 0.5) is 0 Å². The maximum absolute atomic E-state index is 13.7. The molecule has 3 aromatic rings. The predicted octanol–water partition coefficient (Wildman–Crippen LogP) is 2.65. The molecule has 4 aliphatic heterocycles. The number of nitrogens with zero attached hydrogens (tertiary/aromatic N) is 2. The lowest BCUT2D eigenvalue weighted by Crippen LogP contribution is -2.66. The number of hydrogen-bond donors (Lipinski definition) is 1. The number of ether oxygens (including phenoxy) is 2. The fourth-order valence-corrected chi connectivity index (χ4v) is 6.57. The number of nitrogens with one attached hydrogen (secondary N) is 1. The van der Waals surface area contributed by atoms with Crippen molar-refractivity contribution in [1.29, 1.82) is 0 Å². The first-order chi connectivity index (χ1) is 15.2. The summed E-state index contributed by atoms with van der Waals surface area (Å²) < 4.78 is 11.1. The zero-order valence-corrected chi connectivity index (χ0v) is 17.4. The molecule has 1 aromatic heterocycles. The van der Waals surface area contributed by atoms with Gasteiger partial charge in [-0.2, -0.15) is 0 Å². The Morgan fingerprint density at radius 3 is 2.81 bits per heavy atom. The van der Waals surface area contributed by atoms with Crippen molar-refractivity contribution in [1.82, 2.24) is 14.8 Å². The summed E-state index contributed by atoms with van der Waals surface area (Å²) in [6.07, 6.45) is 0.527. The average molecular weight is 433 g/mol. The highest BCUT2D eigenvalue weighted by Crippen LogP contribution is 2.46. The van der Waals surface area contributed by atoms with E-state index in [0.717, 1.165) is 27.7 Å². The van der Waals surface area contributed by atoms with Crippen molar-refractivity contribution in [2.75, 3.05) is 18.4 Å². The highest BCUT2D eigenvalue weighted by atomic mass is 32.2. The second-order valence-electron chi connectivity index (χ2n) is 8.37. The number of thioether (sulfide) groups is 1. The van der Waals surface area contributed by atoms with E-state index >= 15 is 0 Å². The van der Waals surface area contributed by atoms with Gasteiger partial charge in [-0.3, -0.25) is 9.59 Å². The van der Waals surface area contributed by atoms with Gasteiger partial charge < -0.3 is 24.3 Å². The first kappa shape index (κ1) is 17.5. The Morgan fingerprint density at radius 1 is 1.00 bits per heavy atom. The Labute approximate surface area is 182 Å². The van der Waals surface area contributed by atoms with Gasteiger partial charge >= 0.3 is 0 Å². The van der Waals surface area contributed by atoms with E-state index in [2.05, 4.69) is 11.1 Å². The van der Waals surface area contributed by atoms with Gasteiger partial charge in [-0.25, -0.2) is 0 Å². The van der Waals surface area contributed by atoms with Gasteiger partial charge in [-0.15, -0.1) is 11.8 Å². The number of piperazine rings is 1. The van der Waals surface area contributed by atoms with E-state index in [1.54, 1.807) is 16.7 Å². The SMILES string of the molecule is O=C1C2Cc3c([nH]c4ccccc34)[C@@H](c3ccc4c(c3)OCO4)N2C(=O)C2CSCN12. The molecule has 4 aliphatic rings. The molecule has 8 heteroatoms. The average Bonchev–Trinajstić information content (AvgIpc) is 3.53. The summed E-state index contributed by atoms with van der Waals surface area (Å²) in [6, 6.07) is 12.7. The number of para-hydroxylation sites is 1. The number of aromatic nitrogens is 1. The molecular formula is C23H19N3O4S. The second-order valence-corrected chi connectivity index (χ2v) is 9.37. The monoisotopic (exact) mass is 433 g/mol. The van der Waals surface area contributed by atoms with Gasteiger partial charge in [0.1, 0.15) is 12.1 Å². The van der Waals surface area contributed by atoms with Crippen LogP contribution in [0.25, 0.3) is 10.9 Å². The highest BCUT2D eigenvalue weighted by molar-refractivity contribution is 7.99. The van der Waals surface area contributed by atoms with Crippen LogP contribution < -0.4 is 9.47 Å². The molecule has 0 spiro atoms. The summed E-state index contributed by atoms with van der Waals surface area (Å²) in [5.41, 5.74) is 4.04. The third kappa shape index (κ3) is 2.31. The third-order valence-electron chi connectivity index (χ3n) is 6.83. The molecule has 1 N–H and O–H groups in total. The summed E-state index contributed by atoms with van der Waals surface area (Å²) in [6.45, 7) is 0.194. The molecule has 3 atom stereocenters. The molecule has 0 bridgehead atoms. The summed E-state index contributed by atoms with van der Waals surface area (Å²) in [4.78, 5) is 34.3. The number of benzene rings is 2. The van der Waals surface area contributed by atoms with E-state index in [1.165, 1.54) is 0 Å². The lowest BCUT2D eigenvalue weighted by molar-refractivity contribution is -0.161.